The monoisotopic (exact) mass is 212 g/mol. The Morgan fingerprint density at radius 1 is 1.31 bits per heavy atom. The van der Waals surface area contributed by atoms with Gasteiger partial charge in [0.05, 0.1) is 17.2 Å². The van der Waals surface area contributed by atoms with Crippen LogP contribution in [0.2, 0.25) is 0 Å². The molecule has 0 saturated carbocycles. The van der Waals surface area contributed by atoms with Gasteiger partial charge in [-0.05, 0) is 38.1 Å². The summed E-state index contributed by atoms with van der Waals surface area (Å²) in [5.74, 6) is 0.805. The number of fused-ring (bicyclic) bond motifs is 1. The molecule has 0 N–H and O–H groups in total. The number of rotatable bonds is 2. The minimum Gasteiger partial charge on any atom is -0.491 e. The molecule has 0 unspecified atom stereocenters. The maximum absolute atomic E-state index is 8.79. The van der Waals surface area contributed by atoms with E-state index in [1.165, 1.54) is 0 Å². The van der Waals surface area contributed by atoms with Gasteiger partial charge in [-0.3, -0.25) is 4.98 Å². The Hall–Kier alpha value is -2.08. The van der Waals surface area contributed by atoms with Gasteiger partial charge in [-0.2, -0.15) is 5.26 Å². The molecular formula is C13H12N2O. The van der Waals surface area contributed by atoms with Crippen molar-refractivity contribution < 1.29 is 4.74 Å². The minimum atomic E-state index is 0.143. The first-order valence-electron chi connectivity index (χ1n) is 5.15. The predicted molar refractivity (Wildman–Crippen MR) is 62.2 cm³/mol. The van der Waals surface area contributed by atoms with Gasteiger partial charge in [-0.15, -0.1) is 0 Å². The summed E-state index contributed by atoms with van der Waals surface area (Å²) in [5.41, 5.74) is 1.43. The third-order valence-corrected chi connectivity index (χ3v) is 2.15. The summed E-state index contributed by atoms with van der Waals surface area (Å²) < 4.78 is 5.59. The number of aromatic nitrogens is 1. The van der Waals surface area contributed by atoms with Crippen LogP contribution in [-0.4, -0.2) is 11.1 Å². The second kappa shape index (κ2) is 4.19. The molecule has 0 saturated heterocycles. The van der Waals surface area contributed by atoms with Crippen LogP contribution in [0.3, 0.4) is 0 Å². The summed E-state index contributed by atoms with van der Waals surface area (Å²) in [4.78, 5) is 4.19. The number of hydrogen-bond acceptors (Lipinski definition) is 3. The third kappa shape index (κ3) is 2.12. The molecule has 2 aromatic rings. The van der Waals surface area contributed by atoms with Crippen LogP contribution in [-0.2, 0) is 0 Å². The highest BCUT2D eigenvalue weighted by atomic mass is 16.5. The lowest BCUT2D eigenvalue weighted by Gasteiger charge is -2.09. The Labute approximate surface area is 94.3 Å². The van der Waals surface area contributed by atoms with Crippen molar-refractivity contribution in [3.8, 4) is 11.8 Å². The van der Waals surface area contributed by atoms with Gasteiger partial charge in [0.25, 0.3) is 0 Å². The molecule has 16 heavy (non-hydrogen) atoms. The Balaban J connectivity index is 2.47. The normalized spacial score (nSPS) is 10.4. The number of nitrogens with zero attached hydrogens (tertiary/aromatic N) is 2. The van der Waals surface area contributed by atoms with Gasteiger partial charge >= 0.3 is 0 Å². The lowest BCUT2D eigenvalue weighted by molar-refractivity contribution is 0.243. The smallest absolute Gasteiger partial charge is 0.120 e. The second-order valence-corrected chi connectivity index (χ2v) is 3.86. The van der Waals surface area contributed by atoms with Crippen LogP contribution in [0.15, 0.2) is 30.5 Å². The number of hydrogen-bond donors (Lipinski definition) is 0. The number of benzene rings is 1. The molecule has 1 aromatic carbocycles. The molecule has 1 aromatic heterocycles. The molecule has 0 spiro atoms. The van der Waals surface area contributed by atoms with Gasteiger partial charge in [0.2, 0.25) is 0 Å². The topological polar surface area (TPSA) is 45.9 Å². The van der Waals surface area contributed by atoms with Crippen molar-refractivity contribution in [2.45, 2.75) is 20.0 Å². The van der Waals surface area contributed by atoms with Crippen LogP contribution in [0.25, 0.3) is 10.9 Å². The quantitative estimate of drug-likeness (QED) is 0.768. The highest BCUT2D eigenvalue weighted by Gasteiger charge is 2.01. The van der Waals surface area contributed by atoms with Gasteiger partial charge in [0.15, 0.2) is 0 Å². The Bertz CT molecular complexity index is 555. The highest BCUT2D eigenvalue weighted by Crippen LogP contribution is 2.20. The molecule has 0 aliphatic rings. The van der Waals surface area contributed by atoms with E-state index in [2.05, 4.69) is 11.1 Å². The molecular weight excluding hydrogens is 200 g/mol. The summed E-state index contributed by atoms with van der Waals surface area (Å²) in [7, 11) is 0. The number of ether oxygens (including phenoxy) is 1. The van der Waals surface area contributed by atoms with E-state index >= 15 is 0 Å². The first-order chi connectivity index (χ1) is 7.69. The average molecular weight is 212 g/mol. The molecule has 80 valence electrons. The summed E-state index contributed by atoms with van der Waals surface area (Å²) >= 11 is 0. The molecule has 1 heterocycles. The molecule has 0 aliphatic heterocycles. The zero-order chi connectivity index (χ0) is 11.5. The third-order valence-electron chi connectivity index (χ3n) is 2.15. The Morgan fingerprint density at radius 2 is 2.12 bits per heavy atom. The number of pyridine rings is 1. The van der Waals surface area contributed by atoms with Crippen LogP contribution in [0.4, 0.5) is 0 Å². The maximum atomic E-state index is 8.79. The zero-order valence-electron chi connectivity index (χ0n) is 9.27. The van der Waals surface area contributed by atoms with Gasteiger partial charge in [0.1, 0.15) is 11.8 Å². The summed E-state index contributed by atoms with van der Waals surface area (Å²) in [6.07, 6.45) is 1.72. The van der Waals surface area contributed by atoms with Crippen LogP contribution in [0.5, 0.6) is 5.75 Å². The Kier molecular flexibility index (Phi) is 2.74. The van der Waals surface area contributed by atoms with Crippen LogP contribution >= 0.6 is 0 Å². The second-order valence-electron chi connectivity index (χ2n) is 3.86. The molecule has 3 heteroatoms. The summed E-state index contributed by atoms with van der Waals surface area (Å²) in [6.45, 7) is 3.96. The van der Waals surface area contributed by atoms with Crippen molar-refractivity contribution in [2.75, 3.05) is 0 Å². The van der Waals surface area contributed by atoms with Crippen LogP contribution < -0.4 is 4.74 Å². The van der Waals surface area contributed by atoms with Gasteiger partial charge < -0.3 is 4.74 Å². The Morgan fingerprint density at radius 3 is 2.81 bits per heavy atom. The van der Waals surface area contributed by atoms with Crippen LogP contribution in [0, 0.1) is 11.3 Å². The van der Waals surface area contributed by atoms with Gasteiger partial charge in [-0.1, -0.05) is 0 Å². The molecule has 0 bridgehead atoms. The lowest BCUT2D eigenvalue weighted by atomic mass is 10.1. The SMILES string of the molecule is CC(C)Oc1ccc2ncc(C#N)cc2c1. The fraction of sp³-hybridized carbons (Fsp3) is 0.231. The van der Waals surface area contributed by atoms with Crippen molar-refractivity contribution in [3.63, 3.8) is 0 Å². The largest absolute Gasteiger partial charge is 0.491 e. The summed E-state index contributed by atoms with van der Waals surface area (Å²) in [5, 5.41) is 9.72. The van der Waals surface area contributed by atoms with Crippen molar-refractivity contribution in [2.24, 2.45) is 0 Å². The van der Waals surface area contributed by atoms with E-state index in [1.807, 2.05) is 38.1 Å². The standard InChI is InChI=1S/C13H12N2O/c1-9(2)16-12-3-4-13-11(6-12)5-10(7-14)8-15-13/h3-6,8-9H,1-2H3. The van der Waals surface area contributed by atoms with Gasteiger partial charge in [0, 0.05) is 11.6 Å². The van der Waals surface area contributed by atoms with Crippen molar-refractivity contribution in [3.05, 3.63) is 36.0 Å². The van der Waals surface area contributed by atoms with E-state index in [1.54, 1.807) is 6.20 Å². The maximum Gasteiger partial charge on any atom is 0.120 e. The fourth-order valence-electron chi connectivity index (χ4n) is 1.52. The molecule has 0 aliphatic carbocycles. The molecule has 0 radical (unpaired) electrons. The van der Waals surface area contributed by atoms with Crippen molar-refractivity contribution in [1.82, 2.24) is 4.98 Å². The highest BCUT2D eigenvalue weighted by molar-refractivity contribution is 5.81. The molecule has 2 rings (SSSR count). The van der Waals surface area contributed by atoms with E-state index in [-0.39, 0.29) is 6.10 Å². The minimum absolute atomic E-state index is 0.143. The lowest BCUT2D eigenvalue weighted by Crippen LogP contribution is -2.05. The summed E-state index contributed by atoms with van der Waals surface area (Å²) in [6, 6.07) is 9.58. The predicted octanol–water partition coefficient (Wildman–Crippen LogP) is 2.89. The molecule has 3 nitrogen and oxygen atoms in total. The first-order valence-corrected chi connectivity index (χ1v) is 5.15. The van der Waals surface area contributed by atoms with Crippen molar-refractivity contribution >= 4 is 10.9 Å². The fourth-order valence-corrected chi connectivity index (χ4v) is 1.52. The first kappa shape index (κ1) is 10.4. The average Bonchev–Trinajstić information content (AvgIpc) is 2.27. The van der Waals surface area contributed by atoms with E-state index in [0.717, 1.165) is 16.7 Å². The molecule has 0 atom stereocenters. The van der Waals surface area contributed by atoms with E-state index in [4.69, 9.17) is 10.00 Å². The molecule has 0 amide bonds. The number of nitriles is 1. The van der Waals surface area contributed by atoms with E-state index < -0.39 is 0 Å². The zero-order valence-corrected chi connectivity index (χ0v) is 9.27. The van der Waals surface area contributed by atoms with Crippen molar-refractivity contribution in [1.29, 1.82) is 5.26 Å². The van der Waals surface area contributed by atoms with Crippen LogP contribution in [0.1, 0.15) is 19.4 Å². The molecule has 0 fully saturated rings. The van der Waals surface area contributed by atoms with E-state index in [0.29, 0.717) is 5.56 Å². The van der Waals surface area contributed by atoms with E-state index in [9.17, 15) is 0 Å². The van der Waals surface area contributed by atoms with Gasteiger partial charge in [-0.25, -0.2) is 0 Å².